The van der Waals surface area contributed by atoms with Gasteiger partial charge in [-0.15, -0.1) is 0 Å². The van der Waals surface area contributed by atoms with E-state index in [-0.39, 0.29) is 11.6 Å². The van der Waals surface area contributed by atoms with Gasteiger partial charge in [-0.3, -0.25) is 9.36 Å². The van der Waals surface area contributed by atoms with Gasteiger partial charge in [0, 0.05) is 13.1 Å². The van der Waals surface area contributed by atoms with E-state index in [1.54, 1.807) is 11.7 Å². The molecule has 0 spiro atoms. The molecule has 0 aliphatic rings. The Morgan fingerprint density at radius 1 is 1.14 bits per heavy atom. The number of benzene rings is 2. The summed E-state index contributed by atoms with van der Waals surface area (Å²) in [5.41, 5.74) is 1.45. The normalized spacial score (nSPS) is 12.5. The van der Waals surface area contributed by atoms with Crippen molar-refractivity contribution in [2.24, 2.45) is 0 Å². The summed E-state index contributed by atoms with van der Waals surface area (Å²) in [6.07, 6.45) is 0.828. The van der Waals surface area contributed by atoms with Crippen LogP contribution in [0.2, 0.25) is 0 Å². The van der Waals surface area contributed by atoms with E-state index in [4.69, 9.17) is 9.72 Å². The van der Waals surface area contributed by atoms with Crippen LogP contribution in [0.3, 0.4) is 0 Å². The van der Waals surface area contributed by atoms with Crippen LogP contribution >= 0.6 is 0 Å². The zero-order chi connectivity index (χ0) is 20.1. The molecule has 0 aliphatic heterocycles. The summed E-state index contributed by atoms with van der Waals surface area (Å²) in [7, 11) is 5.72. The third-order valence-electron chi connectivity index (χ3n) is 4.80. The lowest BCUT2D eigenvalue weighted by Gasteiger charge is -2.22. The Hall–Kier alpha value is -2.70. The summed E-state index contributed by atoms with van der Waals surface area (Å²) < 4.78 is 6.98. The van der Waals surface area contributed by atoms with Crippen molar-refractivity contribution in [1.29, 1.82) is 0 Å². The SMILES string of the molecule is CC[C@H](NCCN(C)C)c1nc2ccccc2c(=O)n1-c1ccc(OC)cc1. The maximum atomic E-state index is 13.4. The maximum absolute atomic E-state index is 13.4. The number of aromatic nitrogens is 2. The van der Waals surface area contributed by atoms with Crippen molar-refractivity contribution < 1.29 is 4.74 Å². The van der Waals surface area contributed by atoms with Crippen LogP contribution < -0.4 is 15.6 Å². The number of likely N-dealkylation sites (N-methyl/N-ethyl adjacent to an activating group) is 1. The van der Waals surface area contributed by atoms with Crippen molar-refractivity contribution in [2.45, 2.75) is 19.4 Å². The van der Waals surface area contributed by atoms with Gasteiger partial charge in [0.1, 0.15) is 11.6 Å². The molecular formula is C22H28N4O2. The topological polar surface area (TPSA) is 59.4 Å². The molecule has 1 N–H and O–H groups in total. The van der Waals surface area contributed by atoms with Gasteiger partial charge in [-0.2, -0.15) is 0 Å². The van der Waals surface area contributed by atoms with Gasteiger partial charge in [0.05, 0.1) is 29.7 Å². The van der Waals surface area contributed by atoms with Crippen molar-refractivity contribution >= 4 is 10.9 Å². The molecule has 3 aromatic rings. The molecule has 1 heterocycles. The summed E-state index contributed by atoms with van der Waals surface area (Å²) in [6.45, 7) is 3.83. The minimum Gasteiger partial charge on any atom is -0.497 e. The average Bonchev–Trinajstić information content (AvgIpc) is 2.71. The lowest BCUT2D eigenvalue weighted by Crippen LogP contribution is -2.34. The molecule has 0 radical (unpaired) electrons. The Morgan fingerprint density at radius 2 is 1.86 bits per heavy atom. The fourth-order valence-electron chi connectivity index (χ4n) is 3.25. The number of rotatable bonds is 8. The van der Waals surface area contributed by atoms with Crippen molar-refractivity contribution in [2.75, 3.05) is 34.3 Å². The summed E-state index contributed by atoms with van der Waals surface area (Å²) in [5.74, 6) is 1.48. The number of hydrogen-bond donors (Lipinski definition) is 1. The number of ether oxygens (including phenoxy) is 1. The van der Waals surface area contributed by atoms with Gasteiger partial charge in [0.2, 0.25) is 0 Å². The van der Waals surface area contributed by atoms with Crippen LogP contribution in [0.4, 0.5) is 0 Å². The van der Waals surface area contributed by atoms with E-state index in [0.29, 0.717) is 5.39 Å². The zero-order valence-electron chi connectivity index (χ0n) is 17.0. The van der Waals surface area contributed by atoms with E-state index >= 15 is 0 Å². The monoisotopic (exact) mass is 380 g/mol. The van der Waals surface area contributed by atoms with Crippen molar-refractivity contribution in [1.82, 2.24) is 19.8 Å². The highest BCUT2D eigenvalue weighted by molar-refractivity contribution is 5.77. The molecule has 0 fully saturated rings. The quantitative estimate of drug-likeness (QED) is 0.651. The summed E-state index contributed by atoms with van der Waals surface area (Å²) >= 11 is 0. The molecule has 0 saturated heterocycles. The molecule has 148 valence electrons. The van der Waals surface area contributed by atoms with Crippen LogP contribution in [0.25, 0.3) is 16.6 Å². The zero-order valence-corrected chi connectivity index (χ0v) is 17.0. The fourth-order valence-corrected chi connectivity index (χ4v) is 3.25. The Morgan fingerprint density at radius 3 is 2.50 bits per heavy atom. The molecule has 0 saturated carbocycles. The van der Waals surface area contributed by atoms with E-state index in [0.717, 1.165) is 42.3 Å². The van der Waals surface area contributed by atoms with Crippen LogP contribution in [0.5, 0.6) is 5.75 Å². The Kier molecular flexibility index (Phi) is 6.44. The number of hydrogen-bond acceptors (Lipinski definition) is 5. The second-order valence-electron chi connectivity index (χ2n) is 7.04. The predicted molar refractivity (Wildman–Crippen MR) is 113 cm³/mol. The molecular weight excluding hydrogens is 352 g/mol. The van der Waals surface area contributed by atoms with Gasteiger partial charge in [0.25, 0.3) is 5.56 Å². The highest BCUT2D eigenvalue weighted by atomic mass is 16.5. The van der Waals surface area contributed by atoms with Gasteiger partial charge >= 0.3 is 0 Å². The standard InChI is InChI=1S/C22H28N4O2/c1-5-19(23-14-15-25(2)3)21-24-20-9-7-6-8-18(20)22(27)26(21)16-10-12-17(28-4)13-11-16/h6-13,19,23H,5,14-15H2,1-4H3/t19-/m0/s1. The first-order valence-electron chi connectivity index (χ1n) is 9.59. The molecule has 0 unspecified atom stereocenters. The Balaban J connectivity index is 2.14. The van der Waals surface area contributed by atoms with Gasteiger partial charge in [-0.05, 0) is 56.9 Å². The largest absolute Gasteiger partial charge is 0.497 e. The first-order valence-corrected chi connectivity index (χ1v) is 9.59. The summed E-state index contributed by atoms with van der Waals surface area (Å²) in [4.78, 5) is 20.4. The minimum absolute atomic E-state index is 0.0284. The van der Waals surface area contributed by atoms with Gasteiger partial charge < -0.3 is 15.0 Å². The van der Waals surface area contributed by atoms with Crippen LogP contribution in [0.1, 0.15) is 25.2 Å². The van der Waals surface area contributed by atoms with E-state index in [1.807, 2.05) is 62.6 Å². The van der Waals surface area contributed by atoms with Crippen molar-refractivity contribution in [3.8, 4) is 11.4 Å². The van der Waals surface area contributed by atoms with Gasteiger partial charge in [-0.25, -0.2) is 4.98 Å². The fraction of sp³-hybridized carbons (Fsp3) is 0.364. The Bertz CT molecular complexity index is 980. The van der Waals surface area contributed by atoms with Gasteiger partial charge in [0.15, 0.2) is 0 Å². The maximum Gasteiger partial charge on any atom is 0.266 e. The third-order valence-corrected chi connectivity index (χ3v) is 4.80. The highest BCUT2D eigenvalue weighted by Crippen LogP contribution is 2.21. The van der Waals surface area contributed by atoms with E-state index in [1.165, 1.54) is 0 Å². The Labute approximate surface area is 165 Å². The molecule has 1 aromatic heterocycles. The molecule has 0 amide bonds. The third kappa shape index (κ3) is 4.24. The highest BCUT2D eigenvalue weighted by Gasteiger charge is 2.19. The molecule has 0 bridgehead atoms. The summed E-state index contributed by atoms with van der Waals surface area (Å²) in [5, 5.41) is 4.17. The van der Waals surface area contributed by atoms with Crippen LogP contribution in [-0.4, -0.2) is 48.7 Å². The average molecular weight is 380 g/mol. The number of nitrogens with one attached hydrogen (secondary N) is 1. The molecule has 28 heavy (non-hydrogen) atoms. The van der Waals surface area contributed by atoms with Crippen molar-refractivity contribution in [3.05, 3.63) is 64.7 Å². The van der Waals surface area contributed by atoms with Crippen LogP contribution in [0, 0.1) is 0 Å². The second kappa shape index (κ2) is 8.99. The number of para-hydroxylation sites is 1. The lowest BCUT2D eigenvalue weighted by molar-refractivity contribution is 0.376. The number of methoxy groups -OCH3 is 1. The van der Waals surface area contributed by atoms with Gasteiger partial charge in [-0.1, -0.05) is 19.1 Å². The molecule has 2 aromatic carbocycles. The van der Waals surface area contributed by atoms with E-state index < -0.39 is 0 Å². The predicted octanol–water partition coefficient (Wildman–Crippen LogP) is 3.00. The molecule has 6 heteroatoms. The first kappa shape index (κ1) is 20.0. The molecule has 6 nitrogen and oxygen atoms in total. The van der Waals surface area contributed by atoms with Crippen LogP contribution in [-0.2, 0) is 0 Å². The van der Waals surface area contributed by atoms with E-state index in [9.17, 15) is 4.79 Å². The van der Waals surface area contributed by atoms with E-state index in [2.05, 4.69) is 17.1 Å². The molecule has 0 aliphatic carbocycles. The smallest absolute Gasteiger partial charge is 0.266 e. The van der Waals surface area contributed by atoms with Crippen molar-refractivity contribution in [3.63, 3.8) is 0 Å². The lowest BCUT2D eigenvalue weighted by atomic mass is 10.1. The first-order chi connectivity index (χ1) is 13.5. The minimum atomic E-state index is -0.0568. The molecule has 1 atom stereocenters. The van der Waals surface area contributed by atoms with Crippen LogP contribution in [0.15, 0.2) is 53.3 Å². The number of nitrogens with zero attached hydrogens (tertiary/aromatic N) is 3. The number of fused-ring (bicyclic) bond motifs is 1. The second-order valence-corrected chi connectivity index (χ2v) is 7.04. The summed E-state index contributed by atoms with van der Waals surface area (Å²) in [6, 6.07) is 15.0. The molecule has 3 rings (SSSR count).